The van der Waals surface area contributed by atoms with Crippen molar-refractivity contribution in [3.05, 3.63) is 99.9 Å². The summed E-state index contributed by atoms with van der Waals surface area (Å²) in [5, 5.41) is 10.5. The smallest absolute Gasteiger partial charge is 0.227 e. The Morgan fingerprint density at radius 1 is 1.04 bits per heavy atom. The maximum Gasteiger partial charge on any atom is 0.227 e. The van der Waals surface area contributed by atoms with Gasteiger partial charge in [0.1, 0.15) is 18.5 Å². The van der Waals surface area contributed by atoms with Crippen molar-refractivity contribution in [1.82, 2.24) is 0 Å². The lowest BCUT2D eigenvalue weighted by atomic mass is 10.1. The van der Waals surface area contributed by atoms with Crippen LogP contribution < -0.4 is 10.2 Å². The maximum atomic E-state index is 13.0. The quantitative estimate of drug-likeness (QED) is 0.780. The molecule has 3 rings (SSSR count). The molecule has 24 heavy (non-hydrogen) atoms. The van der Waals surface area contributed by atoms with Gasteiger partial charge in [0.15, 0.2) is 5.76 Å². The van der Waals surface area contributed by atoms with Gasteiger partial charge in [-0.2, -0.15) is 0 Å². The van der Waals surface area contributed by atoms with E-state index in [4.69, 9.17) is 9.15 Å². The Bertz CT molecular complexity index is 857. The predicted molar refractivity (Wildman–Crippen MR) is 86.2 cm³/mol. The molecule has 4 nitrogen and oxygen atoms in total. The molecule has 0 aliphatic carbocycles. The van der Waals surface area contributed by atoms with Gasteiger partial charge in [-0.3, -0.25) is 4.79 Å². The van der Waals surface area contributed by atoms with E-state index in [1.807, 2.05) is 30.3 Å². The lowest BCUT2D eigenvalue weighted by molar-refractivity contribution is 0.171. The number of rotatable bonds is 5. The zero-order chi connectivity index (χ0) is 16.9. The molecule has 0 saturated heterocycles. The molecule has 3 aromatic rings. The first kappa shape index (κ1) is 16.0. The lowest BCUT2D eigenvalue weighted by Crippen LogP contribution is -2.12. The van der Waals surface area contributed by atoms with Gasteiger partial charge in [0.05, 0.1) is 6.26 Å². The van der Waals surface area contributed by atoms with E-state index in [1.165, 1.54) is 36.6 Å². The Morgan fingerprint density at radius 2 is 1.75 bits per heavy atom. The number of aliphatic hydroxyl groups excluding tert-OH is 1. The molecule has 0 saturated carbocycles. The van der Waals surface area contributed by atoms with E-state index in [9.17, 15) is 14.3 Å². The molecule has 122 valence electrons. The van der Waals surface area contributed by atoms with Crippen LogP contribution in [-0.2, 0) is 6.61 Å². The van der Waals surface area contributed by atoms with Crippen LogP contribution in [0, 0.1) is 5.82 Å². The zero-order valence-corrected chi connectivity index (χ0v) is 12.7. The molecule has 2 aromatic carbocycles. The zero-order valence-electron chi connectivity index (χ0n) is 12.7. The molecular weight excluding hydrogens is 311 g/mol. The molecule has 1 atom stereocenters. The summed E-state index contributed by atoms with van der Waals surface area (Å²) in [6, 6.07) is 15.9. The minimum Gasteiger partial charge on any atom is -0.482 e. The van der Waals surface area contributed by atoms with Gasteiger partial charge in [0.2, 0.25) is 11.2 Å². The van der Waals surface area contributed by atoms with E-state index in [-0.39, 0.29) is 18.1 Å². The molecule has 0 aliphatic heterocycles. The Balaban J connectivity index is 1.89. The van der Waals surface area contributed by atoms with Crippen molar-refractivity contribution in [2.24, 2.45) is 0 Å². The topological polar surface area (TPSA) is 59.7 Å². The molecule has 0 aliphatic rings. The maximum absolute atomic E-state index is 13.0. The molecule has 1 N–H and O–H groups in total. The molecule has 0 radical (unpaired) electrons. The predicted octanol–water partition coefficient (Wildman–Crippen LogP) is 3.44. The van der Waals surface area contributed by atoms with Crippen LogP contribution in [0.5, 0.6) is 5.75 Å². The summed E-state index contributed by atoms with van der Waals surface area (Å²) < 4.78 is 23.9. The van der Waals surface area contributed by atoms with E-state index < -0.39 is 17.3 Å². The van der Waals surface area contributed by atoms with E-state index >= 15 is 0 Å². The summed E-state index contributed by atoms with van der Waals surface area (Å²) in [7, 11) is 0. The van der Waals surface area contributed by atoms with Gasteiger partial charge in [-0.1, -0.05) is 42.5 Å². The third-order valence-corrected chi connectivity index (χ3v) is 3.52. The fourth-order valence-corrected chi connectivity index (χ4v) is 2.28. The van der Waals surface area contributed by atoms with Crippen molar-refractivity contribution >= 4 is 0 Å². The Morgan fingerprint density at radius 3 is 2.46 bits per heavy atom. The van der Waals surface area contributed by atoms with Crippen molar-refractivity contribution in [3.8, 4) is 5.75 Å². The summed E-state index contributed by atoms with van der Waals surface area (Å²) >= 11 is 0. The number of ether oxygens (including phenoxy) is 1. The van der Waals surface area contributed by atoms with Crippen LogP contribution in [0.1, 0.15) is 23.0 Å². The van der Waals surface area contributed by atoms with Crippen LogP contribution >= 0.6 is 0 Å². The van der Waals surface area contributed by atoms with Crippen LogP contribution in [-0.4, -0.2) is 5.11 Å². The summed E-state index contributed by atoms with van der Waals surface area (Å²) in [6.07, 6.45) is -0.0370. The summed E-state index contributed by atoms with van der Waals surface area (Å²) in [6.45, 7) is 0.165. The monoisotopic (exact) mass is 326 g/mol. The standard InChI is InChI=1S/C19H15FO4/c20-15-8-6-14(7-9-15)17(22)19-18(16(21)10-11-23-19)24-12-13-4-2-1-3-5-13/h1-11,17,22H,12H2. The number of aliphatic hydroxyl groups is 1. The number of halogens is 1. The summed E-state index contributed by atoms with van der Waals surface area (Å²) in [5.74, 6) is -0.482. The second-order valence-electron chi connectivity index (χ2n) is 5.21. The first-order valence-corrected chi connectivity index (χ1v) is 7.37. The SMILES string of the molecule is O=c1ccoc(C(O)c2ccc(F)cc2)c1OCc1ccccc1. The van der Waals surface area contributed by atoms with E-state index in [0.29, 0.717) is 5.56 Å². The molecule has 5 heteroatoms. The Hall–Kier alpha value is -2.92. The minimum absolute atomic E-state index is 0.00922. The van der Waals surface area contributed by atoms with Crippen molar-refractivity contribution in [2.75, 3.05) is 0 Å². The largest absolute Gasteiger partial charge is 0.482 e. The number of hydrogen-bond acceptors (Lipinski definition) is 4. The first-order valence-electron chi connectivity index (χ1n) is 7.37. The van der Waals surface area contributed by atoms with Gasteiger partial charge in [-0.15, -0.1) is 0 Å². The highest BCUT2D eigenvalue weighted by Crippen LogP contribution is 2.28. The molecule has 0 bridgehead atoms. The van der Waals surface area contributed by atoms with Gasteiger partial charge in [-0.05, 0) is 23.3 Å². The van der Waals surface area contributed by atoms with Crippen molar-refractivity contribution in [1.29, 1.82) is 0 Å². The number of hydrogen-bond donors (Lipinski definition) is 1. The van der Waals surface area contributed by atoms with Crippen molar-refractivity contribution in [2.45, 2.75) is 12.7 Å². The third-order valence-electron chi connectivity index (χ3n) is 3.52. The molecule has 1 unspecified atom stereocenters. The van der Waals surface area contributed by atoms with Crippen LogP contribution in [0.3, 0.4) is 0 Å². The minimum atomic E-state index is -1.23. The average Bonchev–Trinajstić information content (AvgIpc) is 2.61. The van der Waals surface area contributed by atoms with Crippen molar-refractivity contribution in [3.63, 3.8) is 0 Å². The second-order valence-corrected chi connectivity index (χ2v) is 5.21. The van der Waals surface area contributed by atoms with E-state index in [1.54, 1.807) is 0 Å². The summed E-state index contributed by atoms with van der Waals surface area (Å²) in [5.41, 5.74) is 0.881. The second kappa shape index (κ2) is 7.10. The van der Waals surface area contributed by atoms with Gasteiger partial charge in [-0.25, -0.2) is 4.39 Å². The van der Waals surface area contributed by atoms with E-state index in [2.05, 4.69) is 0 Å². The van der Waals surface area contributed by atoms with Gasteiger partial charge >= 0.3 is 0 Å². The van der Waals surface area contributed by atoms with E-state index in [0.717, 1.165) is 5.56 Å². The Kier molecular flexibility index (Phi) is 4.72. The van der Waals surface area contributed by atoms with Crippen LogP contribution in [0.25, 0.3) is 0 Å². The van der Waals surface area contributed by atoms with Gasteiger partial charge in [0.25, 0.3) is 0 Å². The van der Waals surface area contributed by atoms with Gasteiger partial charge in [0, 0.05) is 6.07 Å². The molecule has 0 spiro atoms. The summed E-state index contributed by atoms with van der Waals surface area (Å²) in [4.78, 5) is 12.1. The Labute approximate surface area is 137 Å². The molecule has 1 heterocycles. The molecule has 1 aromatic heterocycles. The normalized spacial score (nSPS) is 11.9. The first-order chi connectivity index (χ1) is 11.6. The fraction of sp³-hybridized carbons (Fsp3) is 0.105. The highest BCUT2D eigenvalue weighted by Gasteiger charge is 2.21. The van der Waals surface area contributed by atoms with Crippen molar-refractivity contribution < 1.29 is 18.7 Å². The lowest BCUT2D eigenvalue weighted by Gasteiger charge is -2.14. The average molecular weight is 326 g/mol. The molecular formula is C19H15FO4. The highest BCUT2D eigenvalue weighted by atomic mass is 19.1. The number of benzene rings is 2. The van der Waals surface area contributed by atoms with Crippen LogP contribution in [0.4, 0.5) is 4.39 Å². The third kappa shape index (κ3) is 3.52. The molecule has 0 amide bonds. The van der Waals surface area contributed by atoms with Crippen LogP contribution in [0.15, 0.2) is 76.1 Å². The fourth-order valence-electron chi connectivity index (χ4n) is 2.28. The van der Waals surface area contributed by atoms with Gasteiger partial charge < -0.3 is 14.3 Å². The van der Waals surface area contributed by atoms with Crippen LogP contribution in [0.2, 0.25) is 0 Å². The molecule has 0 fully saturated rings. The highest BCUT2D eigenvalue weighted by molar-refractivity contribution is 5.33.